The molecule has 0 spiro atoms. The quantitative estimate of drug-likeness (QED) is 0.544. The molecule has 10 heteroatoms. The van der Waals surface area contributed by atoms with Crippen LogP contribution in [-0.2, 0) is 16.0 Å². The first kappa shape index (κ1) is 22.4. The molecule has 170 valence electrons. The van der Waals surface area contributed by atoms with E-state index in [-0.39, 0.29) is 24.3 Å². The lowest BCUT2D eigenvalue weighted by Gasteiger charge is -2.35. The molecule has 33 heavy (non-hydrogen) atoms. The number of aromatic amines is 1. The number of ether oxygens (including phenoxy) is 1. The van der Waals surface area contributed by atoms with Crippen molar-refractivity contribution in [1.29, 1.82) is 5.26 Å². The van der Waals surface area contributed by atoms with Crippen LogP contribution in [-0.4, -0.2) is 65.4 Å². The molecular weight excluding hydrogens is 427 g/mol. The molecule has 0 bridgehead atoms. The van der Waals surface area contributed by atoms with Crippen molar-refractivity contribution in [3.05, 3.63) is 64.0 Å². The molecule has 0 radical (unpaired) electrons. The van der Waals surface area contributed by atoms with E-state index in [0.717, 1.165) is 5.82 Å². The maximum Gasteiger partial charge on any atom is 0.272 e. The van der Waals surface area contributed by atoms with Crippen LogP contribution in [0, 0.1) is 17.1 Å². The van der Waals surface area contributed by atoms with Crippen LogP contribution in [0.3, 0.4) is 0 Å². The van der Waals surface area contributed by atoms with Crippen LogP contribution >= 0.6 is 0 Å². The molecule has 1 aromatic carbocycles. The largest absolute Gasteiger partial charge is 0.381 e. The number of aromatic nitrogens is 3. The molecule has 4 rings (SSSR count). The second kappa shape index (κ2) is 10.2. The van der Waals surface area contributed by atoms with Gasteiger partial charge in [-0.05, 0) is 36.2 Å². The summed E-state index contributed by atoms with van der Waals surface area (Å²) in [6.07, 6.45) is 3.72. The van der Waals surface area contributed by atoms with E-state index in [1.54, 1.807) is 12.3 Å². The molecular formula is C23H23FN6O3. The Hall–Kier alpha value is -3.84. The highest BCUT2D eigenvalue weighted by atomic mass is 19.1. The van der Waals surface area contributed by atoms with Gasteiger partial charge in [0.05, 0.1) is 36.8 Å². The van der Waals surface area contributed by atoms with Gasteiger partial charge in [0, 0.05) is 37.8 Å². The Morgan fingerprint density at radius 1 is 1.15 bits per heavy atom. The number of piperazine rings is 1. The number of nitrogens with one attached hydrogen (secondary N) is 1. The van der Waals surface area contributed by atoms with Gasteiger partial charge in [0.25, 0.3) is 5.56 Å². The van der Waals surface area contributed by atoms with E-state index in [0.29, 0.717) is 55.7 Å². The van der Waals surface area contributed by atoms with Crippen LogP contribution in [0.25, 0.3) is 10.8 Å². The van der Waals surface area contributed by atoms with Crippen molar-refractivity contribution >= 4 is 22.5 Å². The summed E-state index contributed by atoms with van der Waals surface area (Å²) in [4.78, 5) is 32.5. The Bertz CT molecular complexity index is 1230. The second-order valence-corrected chi connectivity index (χ2v) is 7.72. The van der Waals surface area contributed by atoms with Gasteiger partial charge in [-0.3, -0.25) is 9.59 Å². The summed E-state index contributed by atoms with van der Waals surface area (Å²) in [6, 6.07) is 8.17. The molecule has 1 N–H and O–H groups in total. The first-order valence-electron chi connectivity index (χ1n) is 10.7. The van der Waals surface area contributed by atoms with Crippen LogP contribution in [0.4, 0.5) is 10.2 Å². The Kier molecular flexibility index (Phi) is 6.90. The normalized spacial score (nSPS) is 13.8. The number of fused-ring (bicyclic) bond motifs is 1. The zero-order chi connectivity index (χ0) is 23.2. The topological polar surface area (TPSA) is 115 Å². The molecule has 1 aliphatic rings. The van der Waals surface area contributed by atoms with Crippen molar-refractivity contribution in [2.24, 2.45) is 0 Å². The third-order valence-electron chi connectivity index (χ3n) is 5.64. The third kappa shape index (κ3) is 5.32. The molecule has 1 aliphatic heterocycles. The maximum atomic E-state index is 13.8. The lowest BCUT2D eigenvalue weighted by molar-refractivity contribution is -0.132. The van der Waals surface area contributed by atoms with E-state index in [2.05, 4.69) is 26.2 Å². The average Bonchev–Trinajstić information content (AvgIpc) is 2.84. The number of hydrogen-bond acceptors (Lipinski definition) is 7. The van der Waals surface area contributed by atoms with E-state index in [4.69, 9.17) is 10.00 Å². The zero-order valence-electron chi connectivity index (χ0n) is 18.0. The summed E-state index contributed by atoms with van der Waals surface area (Å²) in [5.74, 6) is 0.334. The highest BCUT2D eigenvalue weighted by Gasteiger charge is 2.21. The van der Waals surface area contributed by atoms with Gasteiger partial charge in [-0.15, -0.1) is 0 Å². The summed E-state index contributed by atoms with van der Waals surface area (Å²) in [5.41, 5.74) is 0.723. The fourth-order valence-corrected chi connectivity index (χ4v) is 3.86. The lowest BCUT2D eigenvalue weighted by Crippen LogP contribution is -2.49. The number of amides is 1. The number of nitrogens with zero attached hydrogens (tertiary/aromatic N) is 5. The van der Waals surface area contributed by atoms with Crippen molar-refractivity contribution in [3.63, 3.8) is 0 Å². The Morgan fingerprint density at radius 3 is 2.70 bits per heavy atom. The molecule has 0 saturated carbocycles. The summed E-state index contributed by atoms with van der Waals surface area (Å²) >= 11 is 0. The number of nitriles is 1. The molecule has 3 aromatic rings. The van der Waals surface area contributed by atoms with E-state index < -0.39 is 11.4 Å². The molecule has 1 saturated heterocycles. The molecule has 3 heterocycles. The van der Waals surface area contributed by atoms with Gasteiger partial charge in [0.1, 0.15) is 17.7 Å². The minimum atomic E-state index is -0.486. The number of halogens is 1. The van der Waals surface area contributed by atoms with Gasteiger partial charge >= 0.3 is 0 Å². The van der Waals surface area contributed by atoms with Gasteiger partial charge in [-0.1, -0.05) is 0 Å². The predicted octanol–water partition coefficient (Wildman–Crippen LogP) is 1.63. The van der Waals surface area contributed by atoms with Gasteiger partial charge in [-0.2, -0.15) is 10.4 Å². The predicted molar refractivity (Wildman–Crippen MR) is 119 cm³/mol. The smallest absolute Gasteiger partial charge is 0.272 e. The standard InChI is InChI=1S/C23H23FN6O3/c24-18-11-17(20-15-27-28-23(32)19(20)12-18)3-9-33-10-4-22(31)30-7-5-29(6-8-30)21-2-1-16(13-25)14-26-21/h1-2,11-12,14-15H,3-10H2,(H,28,32). The summed E-state index contributed by atoms with van der Waals surface area (Å²) in [5, 5.41) is 15.8. The van der Waals surface area contributed by atoms with E-state index in [1.807, 2.05) is 11.0 Å². The first-order chi connectivity index (χ1) is 16.0. The number of pyridine rings is 1. The van der Waals surface area contributed by atoms with E-state index in [9.17, 15) is 14.0 Å². The molecule has 2 aromatic heterocycles. The van der Waals surface area contributed by atoms with Crippen LogP contribution in [0.2, 0.25) is 0 Å². The van der Waals surface area contributed by atoms with E-state index >= 15 is 0 Å². The molecule has 0 unspecified atom stereocenters. The minimum Gasteiger partial charge on any atom is -0.381 e. The highest BCUT2D eigenvalue weighted by Crippen LogP contribution is 2.18. The average molecular weight is 450 g/mol. The number of carbonyl (C=O) groups is 1. The first-order valence-corrected chi connectivity index (χ1v) is 10.7. The zero-order valence-corrected chi connectivity index (χ0v) is 18.0. The lowest BCUT2D eigenvalue weighted by atomic mass is 10.1. The summed E-state index contributed by atoms with van der Waals surface area (Å²) in [7, 11) is 0. The van der Waals surface area contributed by atoms with Crippen LogP contribution in [0.15, 0.2) is 41.5 Å². The van der Waals surface area contributed by atoms with E-state index in [1.165, 1.54) is 18.3 Å². The van der Waals surface area contributed by atoms with Crippen LogP contribution < -0.4 is 10.5 Å². The number of hydrogen-bond donors (Lipinski definition) is 1. The van der Waals surface area contributed by atoms with Crippen molar-refractivity contribution in [2.75, 3.05) is 44.3 Å². The van der Waals surface area contributed by atoms with Gasteiger partial charge in [0.15, 0.2) is 0 Å². The summed E-state index contributed by atoms with van der Waals surface area (Å²) in [6.45, 7) is 3.10. The summed E-state index contributed by atoms with van der Waals surface area (Å²) < 4.78 is 19.5. The number of benzene rings is 1. The Balaban J connectivity index is 1.21. The number of H-pyrrole nitrogens is 1. The van der Waals surface area contributed by atoms with Crippen molar-refractivity contribution in [3.8, 4) is 6.07 Å². The van der Waals surface area contributed by atoms with Gasteiger partial charge in [0.2, 0.25) is 5.91 Å². The number of anilines is 1. The fourth-order valence-electron chi connectivity index (χ4n) is 3.86. The maximum absolute atomic E-state index is 13.8. The molecule has 1 amide bonds. The van der Waals surface area contributed by atoms with Crippen molar-refractivity contribution in [1.82, 2.24) is 20.1 Å². The third-order valence-corrected chi connectivity index (χ3v) is 5.64. The second-order valence-electron chi connectivity index (χ2n) is 7.72. The molecule has 9 nitrogen and oxygen atoms in total. The highest BCUT2D eigenvalue weighted by molar-refractivity contribution is 5.84. The Labute approximate surface area is 189 Å². The van der Waals surface area contributed by atoms with Crippen molar-refractivity contribution < 1.29 is 13.9 Å². The van der Waals surface area contributed by atoms with Crippen molar-refractivity contribution in [2.45, 2.75) is 12.8 Å². The fraction of sp³-hybridized carbons (Fsp3) is 0.348. The monoisotopic (exact) mass is 450 g/mol. The SMILES string of the molecule is N#Cc1ccc(N2CCN(C(=O)CCOCCc3cc(F)cc4c(=O)[nH]ncc34)CC2)nc1. The molecule has 1 fully saturated rings. The Morgan fingerprint density at radius 2 is 1.97 bits per heavy atom. The minimum absolute atomic E-state index is 0.0226. The number of carbonyl (C=O) groups excluding carboxylic acids is 1. The number of rotatable bonds is 7. The molecule has 0 atom stereocenters. The molecule has 0 aliphatic carbocycles. The van der Waals surface area contributed by atoms with Gasteiger partial charge in [-0.25, -0.2) is 14.5 Å². The van der Waals surface area contributed by atoms with Crippen LogP contribution in [0.5, 0.6) is 0 Å². The van der Waals surface area contributed by atoms with Gasteiger partial charge < -0.3 is 14.5 Å². The van der Waals surface area contributed by atoms with Crippen LogP contribution in [0.1, 0.15) is 17.5 Å².